The van der Waals surface area contributed by atoms with Crippen LogP contribution < -0.4 is 9.64 Å². The molecular weight excluding hydrogens is 282 g/mol. The molecule has 0 fully saturated rings. The minimum absolute atomic E-state index is 0.150. The van der Waals surface area contributed by atoms with Crippen molar-refractivity contribution in [3.63, 3.8) is 0 Å². The van der Waals surface area contributed by atoms with Gasteiger partial charge in [-0.1, -0.05) is 38.4 Å². The molecule has 0 aliphatic carbocycles. The van der Waals surface area contributed by atoms with E-state index in [9.17, 15) is 0 Å². The molecule has 110 valence electrons. The number of benzene rings is 2. The van der Waals surface area contributed by atoms with Gasteiger partial charge in [-0.15, -0.1) is 0 Å². The zero-order valence-corrected chi connectivity index (χ0v) is 13.4. The Morgan fingerprint density at radius 1 is 1.05 bits per heavy atom. The number of nitrogens with zero attached hydrogens (tertiary/aromatic N) is 1. The first-order chi connectivity index (χ1) is 9.93. The van der Waals surface area contributed by atoms with Crippen LogP contribution in [0.1, 0.15) is 31.9 Å². The molecule has 0 aromatic heterocycles. The maximum absolute atomic E-state index is 5.95. The highest BCUT2D eigenvalue weighted by Crippen LogP contribution is 2.32. The second-order valence-electron chi connectivity index (χ2n) is 6.52. The Morgan fingerprint density at radius 2 is 1.76 bits per heavy atom. The Hall–Kier alpha value is -1.67. The largest absolute Gasteiger partial charge is 0.473 e. The number of rotatable bonds is 1. The average Bonchev–Trinajstić information content (AvgIpc) is 2.46. The first-order valence-electron chi connectivity index (χ1n) is 7.20. The van der Waals surface area contributed by atoms with E-state index in [4.69, 9.17) is 16.3 Å². The van der Waals surface area contributed by atoms with Crippen molar-refractivity contribution in [3.8, 4) is 5.75 Å². The van der Waals surface area contributed by atoms with Crippen molar-refractivity contribution in [1.82, 2.24) is 0 Å². The molecular formula is C18H20ClNO. The molecule has 0 atom stereocenters. The molecule has 1 heterocycles. The molecule has 2 aromatic rings. The van der Waals surface area contributed by atoms with Crippen LogP contribution in [0.2, 0.25) is 5.02 Å². The van der Waals surface area contributed by atoms with Crippen molar-refractivity contribution < 1.29 is 4.74 Å². The summed E-state index contributed by atoms with van der Waals surface area (Å²) in [7, 11) is 0. The van der Waals surface area contributed by atoms with Gasteiger partial charge in [0, 0.05) is 22.8 Å². The molecule has 2 nitrogen and oxygen atoms in total. The molecule has 1 aliphatic heterocycles. The fraction of sp³-hybridized carbons (Fsp3) is 0.333. The molecule has 3 rings (SSSR count). The highest BCUT2D eigenvalue weighted by Gasteiger charge is 2.21. The summed E-state index contributed by atoms with van der Waals surface area (Å²) >= 11 is 5.95. The van der Waals surface area contributed by atoms with Gasteiger partial charge < -0.3 is 9.64 Å². The van der Waals surface area contributed by atoms with Crippen LogP contribution in [0.4, 0.5) is 5.69 Å². The number of hydrogen-bond donors (Lipinski definition) is 0. The van der Waals surface area contributed by atoms with Crippen molar-refractivity contribution in [2.24, 2.45) is 0 Å². The Bertz CT molecular complexity index is 643. The standard InChI is InChI=1S/C18H20ClNO/c1-18(2,3)14-4-9-17-13(10-14)11-20(12-21-17)16-7-5-15(19)6-8-16/h4-10H,11-12H2,1-3H3. The van der Waals surface area contributed by atoms with E-state index in [2.05, 4.69) is 43.9 Å². The van der Waals surface area contributed by atoms with Crippen LogP contribution >= 0.6 is 11.6 Å². The number of fused-ring (bicyclic) bond motifs is 1. The Kier molecular flexibility index (Phi) is 3.58. The lowest BCUT2D eigenvalue weighted by molar-refractivity contribution is 0.289. The van der Waals surface area contributed by atoms with Gasteiger partial charge >= 0.3 is 0 Å². The van der Waals surface area contributed by atoms with Gasteiger partial charge in [0.1, 0.15) is 5.75 Å². The van der Waals surface area contributed by atoms with Gasteiger partial charge in [0.2, 0.25) is 0 Å². The van der Waals surface area contributed by atoms with E-state index >= 15 is 0 Å². The fourth-order valence-electron chi connectivity index (χ4n) is 2.53. The smallest absolute Gasteiger partial charge is 0.161 e. The second kappa shape index (κ2) is 5.27. The van der Waals surface area contributed by atoms with Gasteiger partial charge in [0.05, 0.1) is 0 Å². The molecule has 0 unspecified atom stereocenters. The summed E-state index contributed by atoms with van der Waals surface area (Å²) in [5, 5.41) is 0.757. The van der Waals surface area contributed by atoms with Crippen LogP contribution in [-0.2, 0) is 12.0 Å². The van der Waals surface area contributed by atoms with Crippen LogP contribution in [-0.4, -0.2) is 6.73 Å². The van der Waals surface area contributed by atoms with E-state index in [0.717, 1.165) is 23.0 Å². The highest BCUT2D eigenvalue weighted by molar-refractivity contribution is 6.30. The first kappa shape index (κ1) is 14.3. The van der Waals surface area contributed by atoms with Crippen LogP contribution in [0.25, 0.3) is 0 Å². The summed E-state index contributed by atoms with van der Waals surface area (Å²) in [5.74, 6) is 0.994. The summed E-state index contributed by atoms with van der Waals surface area (Å²) in [6, 6.07) is 14.4. The molecule has 21 heavy (non-hydrogen) atoms. The lowest BCUT2D eigenvalue weighted by Gasteiger charge is -2.32. The molecule has 0 amide bonds. The van der Waals surface area contributed by atoms with Crippen LogP contribution in [0.15, 0.2) is 42.5 Å². The average molecular weight is 302 g/mol. The fourth-order valence-corrected chi connectivity index (χ4v) is 2.65. The molecule has 0 saturated heterocycles. The number of hydrogen-bond acceptors (Lipinski definition) is 2. The van der Waals surface area contributed by atoms with E-state index in [1.807, 2.05) is 24.3 Å². The van der Waals surface area contributed by atoms with Crippen molar-refractivity contribution >= 4 is 17.3 Å². The van der Waals surface area contributed by atoms with Gasteiger partial charge in [-0.2, -0.15) is 0 Å². The van der Waals surface area contributed by atoms with Gasteiger partial charge in [-0.3, -0.25) is 0 Å². The third kappa shape index (κ3) is 3.01. The van der Waals surface area contributed by atoms with Crippen LogP contribution in [0.5, 0.6) is 5.75 Å². The van der Waals surface area contributed by atoms with Gasteiger partial charge in [-0.25, -0.2) is 0 Å². The number of ether oxygens (including phenoxy) is 1. The molecule has 0 saturated carbocycles. The number of halogens is 1. The summed E-state index contributed by atoms with van der Waals surface area (Å²) in [6.45, 7) is 8.13. The predicted molar refractivity (Wildman–Crippen MR) is 88.3 cm³/mol. The van der Waals surface area contributed by atoms with E-state index in [1.54, 1.807) is 0 Å². The highest BCUT2D eigenvalue weighted by atomic mass is 35.5. The first-order valence-corrected chi connectivity index (χ1v) is 7.58. The Morgan fingerprint density at radius 3 is 2.43 bits per heavy atom. The molecule has 1 aliphatic rings. The molecule has 3 heteroatoms. The van der Waals surface area contributed by atoms with Crippen molar-refractivity contribution in [3.05, 3.63) is 58.6 Å². The topological polar surface area (TPSA) is 12.5 Å². The minimum atomic E-state index is 0.150. The zero-order chi connectivity index (χ0) is 15.0. The molecule has 0 N–H and O–H groups in total. The van der Waals surface area contributed by atoms with Crippen LogP contribution in [0, 0.1) is 0 Å². The SMILES string of the molecule is CC(C)(C)c1ccc2c(c1)CN(c1ccc(Cl)cc1)CO2. The number of anilines is 1. The van der Waals surface area contributed by atoms with Crippen molar-refractivity contribution in [1.29, 1.82) is 0 Å². The third-order valence-electron chi connectivity index (χ3n) is 3.86. The summed E-state index contributed by atoms with van der Waals surface area (Å²) in [4.78, 5) is 2.21. The quantitative estimate of drug-likeness (QED) is 0.735. The lowest BCUT2D eigenvalue weighted by atomic mass is 9.86. The van der Waals surface area contributed by atoms with Crippen molar-refractivity contribution in [2.45, 2.75) is 32.7 Å². The summed E-state index contributed by atoms with van der Waals surface area (Å²) in [6.07, 6.45) is 0. The maximum Gasteiger partial charge on any atom is 0.161 e. The zero-order valence-electron chi connectivity index (χ0n) is 12.7. The predicted octanol–water partition coefficient (Wildman–Crippen LogP) is 4.99. The van der Waals surface area contributed by atoms with Gasteiger partial charge in [0.25, 0.3) is 0 Å². The van der Waals surface area contributed by atoms with Crippen molar-refractivity contribution in [2.75, 3.05) is 11.6 Å². The molecule has 0 spiro atoms. The van der Waals surface area contributed by atoms with Crippen LogP contribution in [0.3, 0.4) is 0 Å². The molecule has 0 bridgehead atoms. The third-order valence-corrected chi connectivity index (χ3v) is 4.11. The van der Waals surface area contributed by atoms with E-state index in [0.29, 0.717) is 6.73 Å². The Labute approximate surface area is 131 Å². The monoisotopic (exact) mass is 301 g/mol. The van der Waals surface area contributed by atoms with Gasteiger partial charge in [0.15, 0.2) is 6.73 Å². The van der Waals surface area contributed by atoms with E-state index in [-0.39, 0.29) is 5.41 Å². The summed E-state index contributed by atoms with van der Waals surface area (Å²) < 4.78 is 5.88. The normalized spacial score (nSPS) is 14.6. The minimum Gasteiger partial charge on any atom is -0.473 e. The van der Waals surface area contributed by atoms with Gasteiger partial charge in [-0.05, 0) is 47.4 Å². The maximum atomic E-state index is 5.95. The Balaban J connectivity index is 1.88. The van der Waals surface area contributed by atoms with E-state index < -0.39 is 0 Å². The van der Waals surface area contributed by atoms with E-state index in [1.165, 1.54) is 11.1 Å². The summed E-state index contributed by atoms with van der Waals surface area (Å²) in [5.41, 5.74) is 3.86. The second-order valence-corrected chi connectivity index (χ2v) is 6.96. The molecule has 0 radical (unpaired) electrons. The molecule has 2 aromatic carbocycles. The lowest BCUT2D eigenvalue weighted by Crippen LogP contribution is -2.32.